The minimum absolute atomic E-state index is 0.0122. The van der Waals surface area contributed by atoms with E-state index in [-0.39, 0.29) is 18.5 Å². The molecule has 6 heteroatoms. The van der Waals surface area contributed by atoms with Crippen molar-refractivity contribution in [1.82, 2.24) is 5.32 Å². The SMILES string of the molecule is CCCCCCCCCCCCCCCCCCCC(O)C(CO)NC(=O)CCCCCCCCCCCCCCC/C=C\C/C=C\CCCCCCCCCCCOC(=O)CCCCCCCCCCCCC. The minimum atomic E-state index is -0.665. The lowest BCUT2D eigenvalue weighted by Gasteiger charge is -2.22. The number of carbonyl (C=O) groups excluding carboxylic acids is 2. The summed E-state index contributed by atoms with van der Waals surface area (Å²) in [5.74, 6) is -0.0206. The summed E-state index contributed by atoms with van der Waals surface area (Å²) in [5.41, 5.74) is 0. The summed E-state index contributed by atoms with van der Waals surface area (Å²) in [6, 6.07) is -0.542. The van der Waals surface area contributed by atoms with Crippen LogP contribution in [0.2, 0.25) is 0 Å². The van der Waals surface area contributed by atoms with E-state index in [0.29, 0.717) is 25.9 Å². The average molecular weight is 1040 g/mol. The minimum Gasteiger partial charge on any atom is -0.466 e. The molecule has 0 aliphatic carbocycles. The first kappa shape index (κ1) is 72.3. The van der Waals surface area contributed by atoms with Gasteiger partial charge in [0.2, 0.25) is 5.91 Å². The molecule has 0 radical (unpaired) electrons. The first-order chi connectivity index (χ1) is 36.5. The number of allylic oxidation sites excluding steroid dienone is 4. The molecule has 0 saturated carbocycles. The molecule has 438 valence electrons. The number of amides is 1. The van der Waals surface area contributed by atoms with E-state index in [1.165, 1.54) is 295 Å². The van der Waals surface area contributed by atoms with E-state index in [9.17, 15) is 19.8 Å². The van der Waals surface area contributed by atoms with Crippen molar-refractivity contribution >= 4 is 11.9 Å². The Hall–Kier alpha value is -1.66. The number of aliphatic hydroxyl groups excluding tert-OH is 2. The van der Waals surface area contributed by atoms with E-state index in [1.807, 2.05) is 0 Å². The molecule has 74 heavy (non-hydrogen) atoms. The van der Waals surface area contributed by atoms with Gasteiger partial charge in [-0.05, 0) is 57.8 Å². The second-order valence-corrected chi connectivity index (χ2v) is 23.2. The van der Waals surface area contributed by atoms with Crippen LogP contribution in [-0.4, -0.2) is 47.4 Å². The van der Waals surface area contributed by atoms with Gasteiger partial charge in [0, 0.05) is 12.8 Å². The summed E-state index contributed by atoms with van der Waals surface area (Å²) in [7, 11) is 0. The molecule has 0 aromatic heterocycles. The number of hydrogen-bond acceptors (Lipinski definition) is 5. The van der Waals surface area contributed by atoms with Crippen molar-refractivity contribution < 1.29 is 24.5 Å². The summed E-state index contributed by atoms with van der Waals surface area (Å²) < 4.78 is 5.47. The zero-order valence-corrected chi connectivity index (χ0v) is 50.1. The molecule has 0 aliphatic heterocycles. The van der Waals surface area contributed by atoms with E-state index >= 15 is 0 Å². The fraction of sp³-hybridized carbons (Fsp3) is 0.912. The molecule has 0 aromatic rings. The maximum atomic E-state index is 12.5. The Balaban J connectivity index is 3.40. The van der Waals surface area contributed by atoms with E-state index in [1.54, 1.807) is 0 Å². The van der Waals surface area contributed by atoms with Crippen LogP contribution in [0, 0.1) is 0 Å². The molecule has 0 aromatic carbocycles. The van der Waals surface area contributed by atoms with Crippen LogP contribution in [0.1, 0.15) is 373 Å². The van der Waals surface area contributed by atoms with Gasteiger partial charge in [0.15, 0.2) is 0 Å². The lowest BCUT2D eigenvalue weighted by Crippen LogP contribution is -2.45. The molecule has 2 atom stereocenters. The third-order valence-corrected chi connectivity index (χ3v) is 15.8. The molecule has 3 N–H and O–H groups in total. The lowest BCUT2D eigenvalue weighted by atomic mass is 10.0. The van der Waals surface area contributed by atoms with Gasteiger partial charge in [-0.2, -0.15) is 0 Å². The molecule has 1 amide bonds. The van der Waals surface area contributed by atoms with Gasteiger partial charge >= 0.3 is 5.97 Å². The molecule has 0 heterocycles. The highest BCUT2D eigenvalue weighted by atomic mass is 16.5. The van der Waals surface area contributed by atoms with Crippen molar-refractivity contribution in [2.24, 2.45) is 0 Å². The van der Waals surface area contributed by atoms with Crippen molar-refractivity contribution in [3.63, 3.8) is 0 Å². The molecule has 0 aliphatic rings. The summed E-state index contributed by atoms with van der Waals surface area (Å²) >= 11 is 0. The number of rotatable bonds is 63. The number of ether oxygens (including phenoxy) is 1. The summed E-state index contributed by atoms with van der Waals surface area (Å²) in [5, 5.41) is 23.4. The molecule has 0 rings (SSSR count). The van der Waals surface area contributed by atoms with Gasteiger partial charge < -0.3 is 20.3 Å². The maximum Gasteiger partial charge on any atom is 0.305 e. The predicted octanol–water partition coefficient (Wildman–Crippen LogP) is 21.4. The molecule has 0 spiro atoms. The first-order valence-electron chi connectivity index (χ1n) is 33.6. The van der Waals surface area contributed by atoms with Gasteiger partial charge in [-0.3, -0.25) is 9.59 Å². The molecule has 0 fully saturated rings. The Labute approximate surface area is 462 Å². The van der Waals surface area contributed by atoms with Crippen molar-refractivity contribution in [3.05, 3.63) is 24.3 Å². The Morgan fingerprint density at radius 1 is 0.378 bits per heavy atom. The fourth-order valence-electron chi connectivity index (χ4n) is 10.6. The van der Waals surface area contributed by atoms with Gasteiger partial charge in [-0.15, -0.1) is 0 Å². The van der Waals surface area contributed by atoms with Crippen LogP contribution >= 0.6 is 0 Å². The molecule has 0 saturated heterocycles. The third-order valence-electron chi connectivity index (χ3n) is 15.8. The van der Waals surface area contributed by atoms with E-state index < -0.39 is 12.1 Å². The summed E-state index contributed by atoms with van der Waals surface area (Å²) in [6.45, 7) is 4.97. The Morgan fingerprint density at radius 3 is 1.03 bits per heavy atom. The maximum absolute atomic E-state index is 12.5. The van der Waals surface area contributed by atoms with Crippen LogP contribution in [0.3, 0.4) is 0 Å². The second-order valence-electron chi connectivity index (χ2n) is 23.2. The zero-order chi connectivity index (χ0) is 53.6. The van der Waals surface area contributed by atoms with Gasteiger partial charge in [0.25, 0.3) is 0 Å². The normalized spacial score (nSPS) is 12.6. The highest BCUT2D eigenvalue weighted by Crippen LogP contribution is 2.18. The van der Waals surface area contributed by atoms with Gasteiger partial charge in [0.1, 0.15) is 0 Å². The smallest absolute Gasteiger partial charge is 0.305 e. The first-order valence-corrected chi connectivity index (χ1v) is 33.6. The number of unbranched alkanes of at least 4 members (excludes halogenated alkanes) is 48. The number of nitrogens with one attached hydrogen (secondary N) is 1. The Bertz CT molecular complexity index is 1150. The number of aliphatic hydroxyl groups is 2. The van der Waals surface area contributed by atoms with Crippen LogP contribution < -0.4 is 5.32 Å². The summed E-state index contributed by atoms with van der Waals surface area (Å²) in [6.07, 6.45) is 79.3. The average Bonchev–Trinajstić information content (AvgIpc) is 3.40. The molecule has 0 bridgehead atoms. The van der Waals surface area contributed by atoms with Crippen molar-refractivity contribution in [2.45, 2.75) is 386 Å². The van der Waals surface area contributed by atoms with Crippen molar-refractivity contribution in [2.75, 3.05) is 13.2 Å². The standard InChI is InChI=1S/C68H131NO5/c1-3-5-7-9-11-13-15-16-17-31-34-37-41-44-48-52-56-60-66(71)65(64-70)69-67(72)61-57-53-49-45-42-38-35-32-29-27-25-23-21-19-18-20-22-24-26-28-30-33-36-39-43-47-51-55-59-63-74-68(73)62-58-54-50-46-40-14-12-10-8-6-4-2/h18,20,24,26,65-66,70-71H,3-17,19,21-23,25,27-64H2,1-2H3,(H,69,72)/b20-18-,26-24-. The lowest BCUT2D eigenvalue weighted by molar-refractivity contribution is -0.143. The van der Waals surface area contributed by atoms with Crippen LogP contribution in [0.4, 0.5) is 0 Å². The van der Waals surface area contributed by atoms with Gasteiger partial charge in [-0.25, -0.2) is 0 Å². The Kier molecular flexibility index (Phi) is 62.4. The Morgan fingerprint density at radius 2 is 0.676 bits per heavy atom. The predicted molar refractivity (Wildman–Crippen MR) is 324 cm³/mol. The zero-order valence-electron chi connectivity index (χ0n) is 50.1. The van der Waals surface area contributed by atoms with E-state index in [4.69, 9.17) is 4.74 Å². The number of hydrogen-bond donors (Lipinski definition) is 3. The highest BCUT2D eigenvalue weighted by molar-refractivity contribution is 5.76. The highest BCUT2D eigenvalue weighted by Gasteiger charge is 2.20. The largest absolute Gasteiger partial charge is 0.466 e. The molecular formula is C68H131NO5. The van der Waals surface area contributed by atoms with Crippen molar-refractivity contribution in [1.29, 1.82) is 0 Å². The number of esters is 1. The summed E-state index contributed by atoms with van der Waals surface area (Å²) in [4.78, 5) is 24.5. The second kappa shape index (κ2) is 63.9. The van der Waals surface area contributed by atoms with Gasteiger partial charge in [0.05, 0.1) is 25.4 Å². The fourth-order valence-corrected chi connectivity index (χ4v) is 10.6. The van der Waals surface area contributed by atoms with Crippen molar-refractivity contribution in [3.8, 4) is 0 Å². The number of carbonyl (C=O) groups is 2. The topological polar surface area (TPSA) is 95.9 Å². The van der Waals surface area contributed by atoms with Crippen LogP contribution in [0.25, 0.3) is 0 Å². The molecule has 6 nitrogen and oxygen atoms in total. The van der Waals surface area contributed by atoms with E-state index in [2.05, 4.69) is 43.5 Å². The monoisotopic (exact) mass is 1040 g/mol. The quantitative estimate of drug-likeness (QED) is 0.0320. The van der Waals surface area contributed by atoms with Crippen LogP contribution in [0.5, 0.6) is 0 Å². The molecular weight excluding hydrogens is 911 g/mol. The van der Waals surface area contributed by atoms with E-state index in [0.717, 1.165) is 44.9 Å². The third kappa shape index (κ3) is 59.6. The van der Waals surface area contributed by atoms with Crippen LogP contribution in [-0.2, 0) is 14.3 Å². The molecule has 2 unspecified atom stereocenters. The van der Waals surface area contributed by atoms with Gasteiger partial charge in [-0.1, -0.05) is 327 Å². The van der Waals surface area contributed by atoms with Crippen LogP contribution in [0.15, 0.2) is 24.3 Å².